The summed E-state index contributed by atoms with van der Waals surface area (Å²) in [5.74, 6) is 0.936. The maximum Gasteiger partial charge on any atom is 0.433 e. The number of pyridine rings is 1. The van der Waals surface area contributed by atoms with Crippen molar-refractivity contribution in [1.29, 1.82) is 0 Å². The van der Waals surface area contributed by atoms with Crippen LogP contribution in [-0.4, -0.2) is 20.1 Å². The molecule has 0 aliphatic rings. The van der Waals surface area contributed by atoms with Crippen molar-refractivity contribution in [2.45, 2.75) is 6.18 Å². The molecule has 0 saturated heterocycles. The van der Waals surface area contributed by atoms with E-state index in [1.807, 2.05) is 0 Å². The van der Waals surface area contributed by atoms with E-state index in [4.69, 9.17) is 10.5 Å². The van der Waals surface area contributed by atoms with Crippen LogP contribution in [0.15, 0.2) is 72.9 Å². The van der Waals surface area contributed by atoms with Gasteiger partial charge in [-0.25, -0.2) is 4.98 Å². The van der Waals surface area contributed by atoms with Gasteiger partial charge in [0.1, 0.15) is 28.8 Å². The molecule has 0 radical (unpaired) electrons. The van der Waals surface area contributed by atoms with Gasteiger partial charge in [-0.15, -0.1) is 0 Å². The number of nitrogen functional groups attached to an aromatic ring is 1. The Bertz CT molecular complexity index is 1250. The van der Waals surface area contributed by atoms with E-state index < -0.39 is 11.9 Å². The third kappa shape index (κ3) is 5.04. The van der Waals surface area contributed by atoms with Crippen molar-refractivity contribution in [3.05, 3.63) is 78.6 Å². The molecule has 0 bridgehead atoms. The van der Waals surface area contributed by atoms with E-state index in [-0.39, 0.29) is 17.4 Å². The molecule has 4 aromatic rings. The molecule has 2 aromatic heterocycles. The van der Waals surface area contributed by atoms with Crippen molar-refractivity contribution >= 4 is 17.5 Å². The SMILES string of the molecule is Nc1nc(Nc2ccc(Oc3ccnc(C(F)(F)F)c3)cc2)cc(-c2cccc(O)c2)n1. The van der Waals surface area contributed by atoms with Gasteiger partial charge in [0.15, 0.2) is 0 Å². The van der Waals surface area contributed by atoms with Crippen LogP contribution in [0.25, 0.3) is 11.3 Å². The maximum absolute atomic E-state index is 12.8. The largest absolute Gasteiger partial charge is 0.508 e. The molecule has 4 rings (SSSR count). The second-order valence-electron chi connectivity index (χ2n) is 6.67. The topological polar surface area (TPSA) is 106 Å². The Balaban J connectivity index is 1.50. The van der Waals surface area contributed by atoms with Gasteiger partial charge in [0, 0.05) is 29.6 Å². The predicted octanol–water partition coefficient (Wildman–Crippen LogP) is 5.38. The number of alkyl halides is 3. The molecule has 0 atom stereocenters. The number of nitrogens with two attached hydrogens (primary N) is 1. The van der Waals surface area contributed by atoms with Crippen molar-refractivity contribution < 1.29 is 23.0 Å². The second kappa shape index (κ2) is 8.42. The van der Waals surface area contributed by atoms with Crippen molar-refractivity contribution in [2.75, 3.05) is 11.1 Å². The van der Waals surface area contributed by atoms with Crippen molar-refractivity contribution in [1.82, 2.24) is 15.0 Å². The Kier molecular flexibility index (Phi) is 5.50. The summed E-state index contributed by atoms with van der Waals surface area (Å²) in [6, 6.07) is 17.0. The number of ether oxygens (including phenoxy) is 1. The Morgan fingerprint density at radius 3 is 2.41 bits per heavy atom. The van der Waals surface area contributed by atoms with Crippen molar-refractivity contribution in [3.8, 4) is 28.5 Å². The van der Waals surface area contributed by atoms with Gasteiger partial charge in [-0.2, -0.15) is 18.2 Å². The summed E-state index contributed by atoms with van der Waals surface area (Å²) >= 11 is 0. The molecule has 0 saturated carbocycles. The average Bonchev–Trinajstić information content (AvgIpc) is 2.74. The number of aromatic nitrogens is 3. The molecule has 0 amide bonds. The molecule has 4 N–H and O–H groups in total. The van der Waals surface area contributed by atoms with Gasteiger partial charge in [-0.05, 0) is 42.5 Å². The molecule has 7 nitrogen and oxygen atoms in total. The summed E-state index contributed by atoms with van der Waals surface area (Å²) in [6.45, 7) is 0. The monoisotopic (exact) mass is 439 g/mol. The van der Waals surface area contributed by atoms with Crippen LogP contribution in [0.1, 0.15) is 5.69 Å². The zero-order chi connectivity index (χ0) is 22.7. The van der Waals surface area contributed by atoms with E-state index in [9.17, 15) is 18.3 Å². The third-order valence-corrected chi connectivity index (χ3v) is 4.27. The van der Waals surface area contributed by atoms with E-state index >= 15 is 0 Å². The number of anilines is 3. The van der Waals surface area contributed by atoms with Gasteiger partial charge in [-0.3, -0.25) is 4.98 Å². The second-order valence-corrected chi connectivity index (χ2v) is 6.67. The molecule has 2 heterocycles. The Labute approximate surface area is 180 Å². The Hall–Kier alpha value is -4.34. The third-order valence-electron chi connectivity index (χ3n) is 4.27. The highest BCUT2D eigenvalue weighted by atomic mass is 19.4. The minimum Gasteiger partial charge on any atom is -0.508 e. The molecule has 162 valence electrons. The number of aromatic hydroxyl groups is 1. The molecule has 2 aromatic carbocycles. The molecular formula is C22H16F3N5O2. The smallest absolute Gasteiger partial charge is 0.433 e. The first-order valence-corrected chi connectivity index (χ1v) is 9.28. The number of phenolic OH excluding ortho intramolecular Hbond substituents is 1. The summed E-state index contributed by atoms with van der Waals surface area (Å²) in [4.78, 5) is 11.6. The van der Waals surface area contributed by atoms with Crippen LogP contribution in [0.4, 0.5) is 30.6 Å². The van der Waals surface area contributed by atoms with Gasteiger partial charge < -0.3 is 20.9 Å². The van der Waals surface area contributed by atoms with Crippen LogP contribution in [-0.2, 0) is 6.18 Å². The molecule has 0 aliphatic carbocycles. The fraction of sp³-hybridized carbons (Fsp3) is 0.0455. The first kappa shape index (κ1) is 20.9. The first-order chi connectivity index (χ1) is 15.3. The number of halogens is 3. The van der Waals surface area contributed by atoms with E-state index in [2.05, 4.69) is 20.3 Å². The number of hydrogen-bond acceptors (Lipinski definition) is 7. The van der Waals surface area contributed by atoms with Crippen LogP contribution in [0.2, 0.25) is 0 Å². The van der Waals surface area contributed by atoms with E-state index in [1.54, 1.807) is 54.6 Å². The number of benzene rings is 2. The Morgan fingerprint density at radius 1 is 0.906 bits per heavy atom. The quantitative estimate of drug-likeness (QED) is 0.383. The summed E-state index contributed by atoms with van der Waals surface area (Å²) in [6.07, 6.45) is -3.51. The normalized spacial score (nSPS) is 11.2. The molecule has 0 unspecified atom stereocenters. The highest BCUT2D eigenvalue weighted by Gasteiger charge is 2.32. The van der Waals surface area contributed by atoms with Gasteiger partial charge in [-0.1, -0.05) is 12.1 Å². The number of hydrogen-bond donors (Lipinski definition) is 3. The fourth-order valence-corrected chi connectivity index (χ4v) is 2.86. The summed E-state index contributed by atoms with van der Waals surface area (Å²) < 4.78 is 43.9. The lowest BCUT2D eigenvalue weighted by Gasteiger charge is -2.11. The number of nitrogens with one attached hydrogen (secondary N) is 1. The van der Waals surface area contributed by atoms with Crippen LogP contribution in [0.3, 0.4) is 0 Å². The zero-order valence-corrected chi connectivity index (χ0v) is 16.3. The minimum atomic E-state index is -4.55. The van der Waals surface area contributed by atoms with E-state index in [0.717, 1.165) is 12.3 Å². The summed E-state index contributed by atoms with van der Waals surface area (Å²) in [7, 11) is 0. The highest BCUT2D eigenvalue weighted by molar-refractivity contribution is 5.68. The van der Waals surface area contributed by atoms with Crippen LogP contribution >= 0.6 is 0 Å². The van der Waals surface area contributed by atoms with Crippen LogP contribution in [0.5, 0.6) is 17.2 Å². The van der Waals surface area contributed by atoms with Crippen LogP contribution < -0.4 is 15.8 Å². The van der Waals surface area contributed by atoms with Crippen LogP contribution in [0, 0.1) is 0 Å². The highest BCUT2D eigenvalue weighted by Crippen LogP contribution is 2.31. The van der Waals surface area contributed by atoms with Gasteiger partial charge in [0.2, 0.25) is 5.95 Å². The minimum absolute atomic E-state index is 0.0207. The lowest BCUT2D eigenvalue weighted by atomic mass is 10.1. The zero-order valence-electron chi connectivity index (χ0n) is 16.3. The van der Waals surface area contributed by atoms with Gasteiger partial charge >= 0.3 is 6.18 Å². The Morgan fingerprint density at radius 2 is 1.69 bits per heavy atom. The van der Waals surface area contributed by atoms with Gasteiger partial charge in [0.05, 0.1) is 5.69 Å². The standard InChI is InChI=1S/C22H16F3N5O2/c23-22(24,25)19-11-17(8-9-27-19)32-16-6-4-14(5-7-16)28-20-12-18(29-21(26)30-20)13-2-1-3-15(31)10-13/h1-12,31H,(H3,26,28,29,30). The lowest BCUT2D eigenvalue weighted by molar-refractivity contribution is -0.141. The molecule has 32 heavy (non-hydrogen) atoms. The number of rotatable bonds is 5. The molecular weight excluding hydrogens is 423 g/mol. The van der Waals surface area contributed by atoms with Crippen molar-refractivity contribution in [3.63, 3.8) is 0 Å². The summed E-state index contributed by atoms with van der Waals surface area (Å²) in [5, 5.41) is 12.8. The predicted molar refractivity (Wildman–Crippen MR) is 113 cm³/mol. The van der Waals surface area contributed by atoms with E-state index in [1.165, 1.54) is 6.07 Å². The van der Waals surface area contributed by atoms with E-state index in [0.29, 0.717) is 28.5 Å². The molecule has 0 fully saturated rings. The first-order valence-electron chi connectivity index (χ1n) is 9.28. The summed E-state index contributed by atoms with van der Waals surface area (Å²) in [5.41, 5.74) is 6.61. The van der Waals surface area contributed by atoms with Gasteiger partial charge in [0.25, 0.3) is 0 Å². The average molecular weight is 439 g/mol. The maximum atomic E-state index is 12.8. The fourth-order valence-electron chi connectivity index (χ4n) is 2.86. The lowest BCUT2D eigenvalue weighted by Crippen LogP contribution is -2.07. The molecule has 0 spiro atoms. The molecule has 0 aliphatic heterocycles. The van der Waals surface area contributed by atoms with Crippen molar-refractivity contribution in [2.24, 2.45) is 0 Å². The number of nitrogens with zero attached hydrogens (tertiary/aromatic N) is 3. The molecule has 10 heteroatoms. The number of phenols is 1.